The van der Waals surface area contributed by atoms with Gasteiger partial charge in [-0.25, -0.2) is 0 Å². The lowest BCUT2D eigenvalue weighted by Gasteiger charge is -2.28. The van der Waals surface area contributed by atoms with Crippen LogP contribution in [0.15, 0.2) is 12.1 Å². The van der Waals surface area contributed by atoms with Crippen LogP contribution in [-0.4, -0.2) is 39.0 Å². The molecule has 0 bridgehead atoms. The Bertz CT molecular complexity index is 501. The van der Waals surface area contributed by atoms with Crippen LogP contribution >= 0.6 is 11.6 Å². The molecular weight excluding hydrogens is 302 g/mol. The monoisotopic (exact) mass is 325 g/mol. The molecule has 0 saturated heterocycles. The second kappa shape index (κ2) is 7.53. The maximum atomic E-state index is 6.27. The smallest absolute Gasteiger partial charge is 0.179 e. The normalized spacial score (nSPS) is 24.3. The van der Waals surface area contributed by atoms with E-state index in [1.807, 2.05) is 19.2 Å². The molecule has 2 aliphatic rings. The summed E-state index contributed by atoms with van der Waals surface area (Å²) in [6, 6.07) is 4.64. The number of benzene rings is 1. The van der Waals surface area contributed by atoms with Gasteiger partial charge >= 0.3 is 0 Å². The molecule has 1 aromatic carbocycles. The number of fused-ring (bicyclic) bond motifs is 1. The van der Waals surface area contributed by atoms with Crippen molar-refractivity contribution in [2.75, 3.05) is 26.9 Å². The van der Waals surface area contributed by atoms with E-state index in [-0.39, 0.29) is 0 Å². The lowest BCUT2D eigenvalue weighted by molar-refractivity contribution is 0.0626. The van der Waals surface area contributed by atoms with Gasteiger partial charge in [-0.2, -0.15) is 0 Å². The van der Waals surface area contributed by atoms with Crippen molar-refractivity contribution in [2.24, 2.45) is 0 Å². The Hall–Kier alpha value is -0.970. The first kappa shape index (κ1) is 15.9. The number of nitrogens with one attached hydrogen (secondary N) is 1. The number of rotatable bonds is 5. The summed E-state index contributed by atoms with van der Waals surface area (Å²) >= 11 is 6.27. The van der Waals surface area contributed by atoms with Gasteiger partial charge in [-0.1, -0.05) is 11.6 Å². The molecule has 1 fully saturated rings. The van der Waals surface area contributed by atoms with Crippen LogP contribution in [0.4, 0.5) is 0 Å². The van der Waals surface area contributed by atoms with Gasteiger partial charge in [0.15, 0.2) is 11.5 Å². The van der Waals surface area contributed by atoms with E-state index in [1.54, 1.807) is 0 Å². The first-order chi connectivity index (χ1) is 10.8. The summed E-state index contributed by atoms with van der Waals surface area (Å²) in [5, 5.41) is 4.29. The van der Waals surface area contributed by atoms with Crippen molar-refractivity contribution in [1.29, 1.82) is 0 Å². The topological polar surface area (TPSA) is 39.7 Å². The van der Waals surface area contributed by atoms with Gasteiger partial charge in [-0.3, -0.25) is 0 Å². The Morgan fingerprint density at radius 3 is 2.73 bits per heavy atom. The molecule has 4 nitrogen and oxygen atoms in total. The molecule has 0 spiro atoms. The summed E-state index contributed by atoms with van der Waals surface area (Å²) in [6.07, 6.45) is 6.10. The predicted molar refractivity (Wildman–Crippen MR) is 87.2 cm³/mol. The highest BCUT2D eigenvalue weighted by Gasteiger charge is 2.20. The number of hydrogen-bond acceptors (Lipinski definition) is 4. The highest BCUT2D eigenvalue weighted by Crippen LogP contribution is 2.38. The van der Waals surface area contributed by atoms with Gasteiger partial charge in [0.05, 0.1) is 11.1 Å². The van der Waals surface area contributed by atoms with Crippen molar-refractivity contribution in [3.05, 3.63) is 22.7 Å². The van der Waals surface area contributed by atoms with Crippen LogP contribution in [0.5, 0.6) is 11.5 Å². The lowest BCUT2D eigenvalue weighted by Crippen LogP contribution is -2.36. The third-order valence-corrected chi connectivity index (χ3v) is 4.79. The van der Waals surface area contributed by atoms with Crippen LogP contribution in [-0.2, 0) is 11.2 Å². The fourth-order valence-corrected chi connectivity index (χ4v) is 3.52. The summed E-state index contributed by atoms with van der Waals surface area (Å²) in [5.41, 5.74) is 1.19. The minimum absolute atomic E-state index is 0.453. The zero-order valence-corrected chi connectivity index (χ0v) is 13.8. The molecule has 1 saturated carbocycles. The van der Waals surface area contributed by atoms with Gasteiger partial charge < -0.3 is 19.5 Å². The van der Waals surface area contributed by atoms with E-state index in [0.717, 1.165) is 31.6 Å². The van der Waals surface area contributed by atoms with Crippen LogP contribution in [0.2, 0.25) is 5.02 Å². The van der Waals surface area contributed by atoms with Crippen LogP contribution in [0.1, 0.15) is 31.2 Å². The standard InChI is InChI=1S/C17H24ClNO3/c1-20-14-4-2-13(3-5-14)19-7-6-12-10-15(18)17-16(11-12)21-8-9-22-17/h10-11,13-14,19H,2-9H2,1H3. The van der Waals surface area contributed by atoms with Gasteiger partial charge in [-0.15, -0.1) is 0 Å². The van der Waals surface area contributed by atoms with Gasteiger partial charge in [0.2, 0.25) is 0 Å². The van der Waals surface area contributed by atoms with E-state index in [0.29, 0.717) is 36.1 Å². The fraction of sp³-hybridized carbons (Fsp3) is 0.647. The summed E-state index contributed by atoms with van der Waals surface area (Å²) in [6.45, 7) is 2.11. The highest BCUT2D eigenvalue weighted by atomic mass is 35.5. The molecule has 1 heterocycles. The molecule has 0 unspecified atom stereocenters. The zero-order valence-electron chi connectivity index (χ0n) is 13.1. The minimum Gasteiger partial charge on any atom is -0.486 e. The van der Waals surface area contributed by atoms with E-state index in [4.69, 9.17) is 25.8 Å². The summed E-state index contributed by atoms with van der Waals surface area (Å²) < 4.78 is 16.6. The first-order valence-corrected chi connectivity index (χ1v) is 8.48. The molecular formula is C17H24ClNO3. The third kappa shape index (κ3) is 3.86. The van der Waals surface area contributed by atoms with Crippen LogP contribution < -0.4 is 14.8 Å². The molecule has 0 atom stereocenters. The first-order valence-electron chi connectivity index (χ1n) is 8.10. The van der Waals surface area contributed by atoms with E-state index < -0.39 is 0 Å². The second-order valence-corrected chi connectivity index (χ2v) is 6.42. The van der Waals surface area contributed by atoms with Crippen molar-refractivity contribution in [3.8, 4) is 11.5 Å². The molecule has 22 heavy (non-hydrogen) atoms. The lowest BCUT2D eigenvalue weighted by atomic mass is 9.93. The second-order valence-electron chi connectivity index (χ2n) is 6.02. The van der Waals surface area contributed by atoms with E-state index in [2.05, 4.69) is 5.32 Å². The molecule has 0 radical (unpaired) electrons. The Morgan fingerprint density at radius 1 is 1.18 bits per heavy atom. The Labute approximate surface area is 137 Å². The molecule has 1 aliphatic heterocycles. The number of hydrogen-bond donors (Lipinski definition) is 1. The Kier molecular flexibility index (Phi) is 5.45. The van der Waals surface area contributed by atoms with Crippen molar-refractivity contribution >= 4 is 11.6 Å². The maximum absolute atomic E-state index is 6.27. The zero-order chi connectivity index (χ0) is 15.4. The van der Waals surface area contributed by atoms with E-state index in [1.165, 1.54) is 18.4 Å². The third-order valence-electron chi connectivity index (χ3n) is 4.51. The van der Waals surface area contributed by atoms with Crippen LogP contribution in [0.25, 0.3) is 0 Å². The summed E-state index contributed by atoms with van der Waals surface area (Å²) in [7, 11) is 1.81. The SMILES string of the molecule is COC1CCC(NCCc2cc(Cl)c3c(c2)OCCO3)CC1. The average molecular weight is 326 g/mol. The van der Waals surface area contributed by atoms with E-state index in [9.17, 15) is 0 Å². The predicted octanol–water partition coefficient (Wildman–Crippen LogP) is 3.20. The summed E-state index contributed by atoms with van der Waals surface area (Å²) in [5.74, 6) is 1.46. The highest BCUT2D eigenvalue weighted by molar-refractivity contribution is 6.32. The molecule has 3 rings (SSSR count). The molecule has 1 aliphatic carbocycles. The number of halogens is 1. The average Bonchev–Trinajstić information content (AvgIpc) is 2.56. The Balaban J connectivity index is 1.49. The molecule has 5 heteroatoms. The van der Waals surface area contributed by atoms with E-state index >= 15 is 0 Å². The minimum atomic E-state index is 0.453. The van der Waals surface area contributed by atoms with Crippen LogP contribution in [0.3, 0.4) is 0 Å². The van der Waals surface area contributed by atoms with Gasteiger partial charge in [-0.05, 0) is 56.3 Å². The molecule has 122 valence electrons. The van der Waals surface area contributed by atoms with Crippen molar-refractivity contribution in [1.82, 2.24) is 5.32 Å². The largest absolute Gasteiger partial charge is 0.486 e. The molecule has 0 aromatic heterocycles. The van der Waals surface area contributed by atoms with Crippen molar-refractivity contribution in [2.45, 2.75) is 44.2 Å². The van der Waals surface area contributed by atoms with Crippen LogP contribution in [0, 0.1) is 0 Å². The molecule has 0 amide bonds. The van der Waals surface area contributed by atoms with Crippen molar-refractivity contribution < 1.29 is 14.2 Å². The number of ether oxygens (including phenoxy) is 3. The van der Waals surface area contributed by atoms with Gasteiger partial charge in [0.1, 0.15) is 13.2 Å². The van der Waals surface area contributed by atoms with Crippen molar-refractivity contribution in [3.63, 3.8) is 0 Å². The quantitative estimate of drug-likeness (QED) is 0.902. The molecule has 1 aromatic rings. The van der Waals surface area contributed by atoms with Gasteiger partial charge in [0.25, 0.3) is 0 Å². The maximum Gasteiger partial charge on any atom is 0.179 e. The fourth-order valence-electron chi connectivity index (χ4n) is 3.23. The summed E-state index contributed by atoms with van der Waals surface area (Å²) in [4.78, 5) is 0. The molecule has 1 N–H and O–H groups in total. The number of methoxy groups -OCH3 is 1. The Morgan fingerprint density at radius 2 is 1.95 bits per heavy atom. The van der Waals surface area contributed by atoms with Gasteiger partial charge in [0, 0.05) is 13.2 Å².